The number of hydrogen-bond acceptors (Lipinski definition) is 6. The number of carbonyl (C=O) groups excluding carboxylic acids is 3. The predicted octanol–water partition coefficient (Wildman–Crippen LogP) is -1.06. The average Bonchev–Trinajstić information content (AvgIpc) is 2.50. The number of nitrogens with one attached hydrogen (secondary N) is 2. The summed E-state index contributed by atoms with van der Waals surface area (Å²) >= 11 is 0. The van der Waals surface area contributed by atoms with Crippen molar-refractivity contribution in [1.82, 2.24) is 10.6 Å². The molecule has 0 aliphatic heterocycles. The van der Waals surface area contributed by atoms with E-state index in [9.17, 15) is 19.5 Å². The van der Waals surface area contributed by atoms with Crippen LogP contribution in [0.5, 0.6) is 0 Å². The summed E-state index contributed by atoms with van der Waals surface area (Å²) in [4.78, 5) is 33.9. The van der Waals surface area contributed by atoms with Gasteiger partial charge in [0.25, 0.3) is 0 Å². The Bertz CT molecular complexity index is 384. The Morgan fingerprint density at radius 3 is 2.36 bits per heavy atom. The molecule has 0 aromatic carbocycles. The highest BCUT2D eigenvalue weighted by atomic mass is 16.5. The number of aliphatic hydroxyl groups is 2. The maximum Gasteiger partial charge on any atom is 0.305 e. The van der Waals surface area contributed by atoms with E-state index >= 15 is 0 Å². The van der Waals surface area contributed by atoms with Crippen molar-refractivity contribution >= 4 is 17.8 Å². The van der Waals surface area contributed by atoms with Crippen molar-refractivity contribution in [2.24, 2.45) is 5.41 Å². The van der Waals surface area contributed by atoms with E-state index in [4.69, 9.17) is 9.84 Å². The number of amides is 2. The Kier molecular flexibility index (Phi) is 9.35. The van der Waals surface area contributed by atoms with Crippen LogP contribution in [-0.4, -0.2) is 60.4 Å². The van der Waals surface area contributed by atoms with Crippen LogP contribution in [0.1, 0.15) is 33.6 Å². The van der Waals surface area contributed by atoms with Gasteiger partial charge in [-0.2, -0.15) is 0 Å². The normalized spacial score (nSPS) is 12.4. The molecule has 8 nitrogen and oxygen atoms in total. The molecular weight excluding hydrogens is 292 g/mol. The molecule has 0 rings (SSSR count). The number of aliphatic hydroxyl groups excluding tert-OH is 2. The Hall–Kier alpha value is -1.67. The van der Waals surface area contributed by atoms with Crippen LogP contribution in [0.2, 0.25) is 0 Å². The number of hydrogen-bond donors (Lipinski definition) is 4. The van der Waals surface area contributed by atoms with E-state index < -0.39 is 17.4 Å². The summed E-state index contributed by atoms with van der Waals surface area (Å²) in [6.45, 7) is 4.84. The second-order valence-corrected chi connectivity index (χ2v) is 5.51. The van der Waals surface area contributed by atoms with E-state index in [1.165, 1.54) is 0 Å². The minimum Gasteiger partial charge on any atom is -0.464 e. The van der Waals surface area contributed by atoms with E-state index in [1.54, 1.807) is 20.8 Å². The molecule has 0 aromatic rings. The number of carbonyl (C=O) groups is 3. The molecule has 4 N–H and O–H groups in total. The van der Waals surface area contributed by atoms with E-state index in [0.29, 0.717) is 0 Å². The van der Waals surface area contributed by atoms with E-state index in [0.717, 1.165) is 0 Å². The van der Waals surface area contributed by atoms with E-state index in [-0.39, 0.29) is 51.0 Å². The summed E-state index contributed by atoms with van der Waals surface area (Å²) in [5.74, 6) is -1.27. The van der Waals surface area contributed by atoms with Gasteiger partial charge in [-0.3, -0.25) is 14.4 Å². The fourth-order valence-electron chi connectivity index (χ4n) is 1.38. The number of esters is 1. The minimum absolute atomic E-state index is 0.0414. The highest BCUT2D eigenvalue weighted by Gasteiger charge is 2.32. The van der Waals surface area contributed by atoms with Crippen LogP contribution >= 0.6 is 0 Å². The monoisotopic (exact) mass is 318 g/mol. The molecule has 0 spiro atoms. The zero-order chi connectivity index (χ0) is 17.2. The molecule has 0 aliphatic rings. The maximum absolute atomic E-state index is 11.6. The van der Waals surface area contributed by atoms with Crippen LogP contribution in [0.4, 0.5) is 0 Å². The van der Waals surface area contributed by atoms with E-state index in [2.05, 4.69) is 10.6 Å². The second kappa shape index (κ2) is 10.1. The predicted molar refractivity (Wildman–Crippen MR) is 78.8 cm³/mol. The summed E-state index contributed by atoms with van der Waals surface area (Å²) in [5.41, 5.74) is -0.949. The van der Waals surface area contributed by atoms with Crippen LogP contribution in [0.3, 0.4) is 0 Å². The topological polar surface area (TPSA) is 125 Å². The van der Waals surface area contributed by atoms with Gasteiger partial charge in [-0.05, 0) is 0 Å². The van der Waals surface area contributed by atoms with Gasteiger partial charge in [-0.1, -0.05) is 20.8 Å². The highest BCUT2D eigenvalue weighted by Crippen LogP contribution is 2.19. The standard InChI is InChI=1S/C14H26N2O6/c1-4-11(19)22-8-7-15-10(18)5-6-16-13(21)12(20)14(2,3)9-17/h12,17,20H,4-9H2,1-3H3,(H,15,18)(H,16,21)/t12-/m0/s1. The summed E-state index contributed by atoms with van der Waals surface area (Å²) in [6, 6.07) is 0. The molecule has 0 bridgehead atoms. The molecule has 0 heterocycles. The maximum atomic E-state index is 11.6. The summed E-state index contributed by atoms with van der Waals surface area (Å²) in [7, 11) is 0. The van der Waals surface area contributed by atoms with Gasteiger partial charge in [-0.25, -0.2) is 0 Å². The smallest absolute Gasteiger partial charge is 0.305 e. The zero-order valence-electron chi connectivity index (χ0n) is 13.3. The average molecular weight is 318 g/mol. The van der Waals surface area contributed by atoms with Crippen molar-refractivity contribution < 1.29 is 29.3 Å². The molecule has 0 unspecified atom stereocenters. The molecule has 2 amide bonds. The van der Waals surface area contributed by atoms with Gasteiger partial charge in [0, 0.05) is 24.8 Å². The largest absolute Gasteiger partial charge is 0.464 e. The SMILES string of the molecule is CCC(=O)OCCNC(=O)CCNC(=O)[C@H](O)C(C)(C)CO. The van der Waals surface area contributed by atoms with E-state index in [1.807, 2.05) is 0 Å². The van der Waals surface area contributed by atoms with Crippen LogP contribution in [0.15, 0.2) is 0 Å². The molecule has 0 fully saturated rings. The van der Waals surface area contributed by atoms with Crippen LogP contribution in [0, 0.1) is 5.41 Å². The van der Waals surface area contributed by atoms with Gasteiger partial charge < -0.3 is 25.6 Å². The van der Waals surface area contributed by atoms with Gasteiger partial charge in [-0.15, -0.1) is 0 Å². The van der Waals surface area contributed by atoms with Crippen molar-refractivity contribution in [3.05, 3.63) is 0 Å². The Morgan fingerprint density at radius 1 is 1.18 bits per heavy atom. The minimum atomic E-state index is -1.35. The Balaban J connectivity index is 3.84. The summed E-state index contributed by atoms with van der Waals surface area (Å²) in [6.07, 6.45) is -1.03. The fraction of sp³-hybridized carbons (Fsp3) is 0.786. The first-order chi connectivity index (χ1) is 10.2. The molecule has 0 aliphatic carbocycles. The fourth-order valence-corrected chi connectivity index (χ4v) is 1.38. The third kappa shape index (κ3) is 7.94. The summed E-state index contributed by atoms with van der Waals surface area (Å²) < 4.78 is 4.79. The van der Waals surface area contributed by atoms with Gasteiger partial charge in [0.2, 0.25) is 11.8 Å². The third-order valence-corrected chi connectivity index (χ3v) is 3.02. The molecule has 0 saturated carbocycles. The number of ether oxygens (including phenoxy) is 1. The molecule has 0 radical (unpaired) electrons. The van der Waals surface area contributed by atoms with Crippen molar-refractivity contribution in [2.45, 2.75) is 39.7 Å². The van der Waals surface area contributed by atoms with Gasteiger partial charge in [0.15, 0.2) is 0 Å². The third-order valence-electron chi connectivity index (χ3n) is 3.02. The molecular formula is C14H26N2O6. The molecule has 1 atom stereocenters. The van der Waals surface area contributed by atoms with Crippen molar-refractivity contribution in [3.8, 4) is 0 Å². The summed E-state index contributed by atoms with van der Waals surface area (Å²) in [5, 5.41) is 23.8. The van der Waals surface area contributed by atoms with Crippen LogP contribution in [-0.2, 0) is 19.1 Å². The molecule has 8 heteroatoms. The highest BCUT2D eigenvalue weighted by molar-refractivity contribution is 5.82. The molecule has 128 valence electrons. The van der Waals surface area contributed by atoms with Crippen molar-refractivity contribution in [1.29, 1.82) is 0 Å². The van der Waals surface area contributed by atoms with Crippen molar-refractivity contribution in [3.63, 3.8) is 0 Å². The van der Waals surface area contributed by atoms with Gasteiger partial charge in [0.05, 0.1) is 13.2 Å². The Labute approximate surface area is 130 Å². The molecule has 0 aromatic heterocycles. The van der Waals surface area contributed by atoms with Crippen LogP contribution < -0.4 is 10.6 Å². The molecule has 0 saturated heterocycles. The Morgan fingerprint density at radius 2 is 1.82 bits per heavy atom. The second-order valence-electron chi connectivity index (χ2n) is 5.51. The number of rotatable bonds is 10. The first-order valence-corrected chi connectivity index (χ1v) is 7.23. The quantitative estimate of drug-likeness (QED) is 0.301. The van der Waals surface area contributed by atoms with Gasteiger partial charge in [0.1, 0.15) is 12.7 Å². The lowest BCUT2D eigenvalue weighted by atomic mass is 9.87. The lowest BCUT2D eigenvalue weighted by Gasteiger charge is -2.27. The first kappa shape index (κ1) is 20.3. The van der Waals surface area contributed by atoms with Crippen molar-refractivity contribution in [2.75, 3.05) is 26.3 Å². The van der Waals surface area contributed by atoms with Crippen LogP contribution in [0.25, 0.3) is 0 Å². The lowest BCUT2D eigenvalue weighted by Crippen LogP contribution is -2.46. The molecule has 22 heavy (non-hydrogen) atoms. The zero-order valence-corrected chi connectivity index (χ0v) is 13.3. The first-order valence-electron chi connectivity index (χ1n) is 7.23. The van der Waals surface area contributed by atoms with Gasteiger partial charge >= 0.3 is 5.97 Å². The lowest BCUT2D eigenvalue weighted by molar-refractivity contribution is -0.143.